The number of allylic oxidation sites excluding steroid dienone is 2. The van der Waals surface area contributed by atoms with Crippen molar-refractivity contribution in [2.75, 3.05) is 0 Å². The normalized spacial score (nSPS) is 35.9. The number of amides is 4. The van der Waals surface area contributed by atoms with Crippen molar-refractivity contribution in [2.24, 2.45) is 23.7 Å². The molecular formula is C13H14N2O4. The minimum atomic E-state index is -0.598. The molecule has 4 atom stereocenters. The van der Waals surface area contributed by atoms with Crippen LogP contribution in [0, 0.1) is 23.7 Å². The fourth-order valence-corrected chi connectivity index (χ4v) is 3.57. The average Bonchev–Trinajstić information content (AvgIpc) is 2.92. The van der Waals surface area contributed by atoms with Crippen molar-refractivity contribution in [3.63, 3.8) is 0 Å². The first-order valence-corrected chi connectivity index (χ1v) is 6.30. The number of imide groups is 2. The van der Waals surface area contributed by atoms with Gasteiger partial charge in [0.15, 0.2) is 0 Å². The molecular weight excluding hydrogens is 248 g/mol. The Kier molecular flexibility index (Phi) is 2.39. The van der Waals surface area contributed by atoms with Crippen molar-refractivity contribution in [3.05, 3.63) is 12.2 Å². The van der Waals surface area contributed by atoms with Crippen molar-refractivity contribution in [1.29, 1.82) is 0 Å². The molecule has 6 nitrogen and oxygen atoms in total. The van der Waals surface area contributed by atoms with Gasteiger partial charge in [-0.1, -0.05) is 12.2 Å². The molecule has 1 saturated heterocycles. The van der Waals surface area contributed by atoms with Crippen LogP contribution in [-0.2, 0) is 19.2 Å². The summed E-state index contributed by atoms with van der Waals surface area (Å²) in [7, 11) is 0. The monoisotopic (exact) mass is 262 g/mol. The standard InChI is InChI=1S/C13H14N2O4/c1-6(16)14-12(18)10-8-3-4-9(5-8)11(10)13(19)15(14)7(2)17/h3-4,8-11H,5H2,1-2H3/t8-,9-,10-,11+/m0/s1. The molecule has 0 unspecified atom stereocenters. The molecule has 0 aromatic heterocycles. The van der Waals surface area contributed by atoms with Gasteiger partial charge in [0.05, 0.1) is 11.8 Å². The predicted molar refractivity (Wildman–Crippen MR) is 62.8 cm³/mol. The van der Waals surface area contributed by atoms with Crippen LogP contribution >= 0.6 is 0 Å². The van der Waals surface area contributed by atoms with Crippen LogP contribution in [0.3, 0.4) is 0 Å². The van der Waals surface area contributed by atoms with Crippen LogP contribution in [0.4, 0.5) is 0 Å². The van der Waals surface area contributed by atoms with Gasteiger partial charge in [-0.05, 0) is 18.3 Å². The minimum absolute atomic E-state index is 0.0161. The summed E-state index contributed by atoms with van der Waals surface area (Å²) in [6, 6.07) is 0. The number of rotatable bonds is 0. The van der Waals surface area contributed by atoms with E-state index < -0.39 is 35.5 Å². The Morgan fingerprint density at radius 1 is 0.947 bits per heavy atom. The summed E-state index contributed by atoms with van der Waals surface area (Å²) in [4.78, 5) is 48.1. The van der Waals surface area contributed by atoms with Gasteiger partial charge in [0.25, 0.3) is 11.8 Å². The first-order valence-electron chi connectivity index (χ1n) is 6.30. The summed E-state index contributed by atoms with van der Waals surface area (Å²) in [6.07, 6.45) is 4.64. The lowest BCUT2D eigenvalue weighted by Crippen LogP contribution is -2.64. The summed E-state index contributed by atoms with van der Waals surface area (Å²) < 4.78 is 0. The van der Waals surface area contributed by atoms with Crippen LogP contribution < -0.4 is 0 Å². The summed E-state index contributed by atoms with van der Waals surface area (Å²) in [6.45, 7) is 2.37. The van der Waals surface area contributed by atoms with Gasteiger partial charge in [-0.15, -0.1) is 0 Å². The van der Waals surface area contributed by atoms with Gasteiger partial charge in [0, 0.05) is 13.8 Å². The molecule has 0 aromatic rings. The highest BCUT2D eigenvalue weighted by molar-refractivity contribution is 6.09. The van der Waals surface area contributed by atoms with Crippen LogP contribution in [0.25, 0.3) is 0 Å². The molecule has 3 rings (SSSR count). The Morgan fingerprint density at radius 2 is 1.32 bits per heavy atom. The summed E-state index contributed by atoms with van der Waals surface area (Å²) in [5.74, 6) is -2.99. The summed E-state index contributed by atoms with van der Waals surface area (Å²) in [5.41, 5.74) is 0. The van der Waals surface area contributed by atoms with Crippen LogP contribution in [0.15, 0.2) is 12.2 Å². The van der Waals surface area contributed by atoms with E-state index >= 15 is 0 Å². The van der Waals surface area contributed by atoms with E-state index in [-0.39, 0.29) is 11.8 Å². The maximum atomic E-state index is 12.4. The fourth-order valence-electron chi connectivity index (χ4n) is 3.57. The van der Waals surface area contributed by atoms with Crippen molar-refractivity contribution >= 4 is 23.6 Å². The van der Waals surface area contributed by atoms with Crippen LogP contribution in [0.5, 0.6) is 0 Å². The second-order valence-electron chi connectivity index (χ2n) is 5.34. The number of carbonyl (C=O) groups is 4. The van der Waals surface area contributed by atoms with Crippen molar-refractivity contribution < 1.29 is 19.2 Å². The smallest absolute Gasteiger partial charge is 0.253 e. The third-order valence-corrected chi connectivity index (χ3v) is 4.24. The van der Waals surface area contributed by atoms with E-state index in [0.717, 1.165) is 6.42 Å². The maximum absolute atomic E-state index is 12.4. The average molecular weight is 262 g/mol. The molecule has 1 saturated carbocycles. The van der Waals surface area contributed by atoms with Crippen molar-refractivity contribution in [2.45, 2.75) is 20.3 Å². The van der Waals surface area contributed by atoms with Gasteiger partial charge in [-0.3, -0.25) is 19.2 Å². The van der Waals surface area contributed by atoms with Crippen LogP contribution in [0.2, 0.25) is 0 Å². The molecule has 0 aromatic carbocycles. The van der Waals surface area contributed by atoms with Gasteiger partial charge < -0.3 is 0 Å². The number of carbonyl (C=O) groups excluding carboxylic acids is 4. The zero-order valence-corrected chi connectivity index (χ0v) is 10.7. The largest absolute Gasteiger partial charge is 0.273 e. The molecule has 100 valence electrons. The van der Waals surface area contributed by atoms with Crippen molar-refractivity contribution in [1.82, 2.24) is 10.0 Å². The molecule has 0 radical (unpaired) electrons. The van der Waals surface area contributed by atoms with E-state index in [0.29, 0.717) is 10.0 Å². The van der Waals surface area contributed by atoms with Gasteiger partial charge in [0.1, 0.15) is 0 Å². The SMILES string of the molecule is CC(=O)N1C(=O)[C@@H]2[C@H](C(=O)N1C(C)=O)[C@H]1C=C[C@H]2C1. The highest BCUT2D eigenvalue weighted by Crippen LogP contribution is 2.51. The second kappa shape index (κ2) is 3.76. The molecule has 2 fully saturated rings. The lowest BCUT2D eigenvalue weighted by molar-refractivity contribution is -0.191. The zero-order chi connectivity index (χ0) is 13.9. The van der Waals surface area contributed by atoms with E-state index in [2.05, 4.69) is 0 Å². The number of hydrogen-bond acceptors (Lipinski definition) is 4. The van der Waals surface area contributed by atoms with Gasteiger partial charge in [-0.2, -0.15) is 10.0 Å². The Balaban J connectivity index is 2.07. The molecule has 2 bridgehead atoms. The molecule has 2 aliphatic carbocycles. The third-order valence-electron chi connectivity index (χ3n) is 4.24. The number of hydrazine groups is 1. The van der Waals surface area contributed by atoms with E-state index in [1.807, 2.05) is 12.2 Å². The molecule has 19 heavy (non-hydrogen) atoms. The van der Waals surface area contributed by atoms with Crippen molar-refractivity contribution in [3.8, 4) is 0 Å². The molecule has 3 aliphatic rings. The van der Waals surface area contributed by atoms with E-state index in [1.54, 1.807) is 0 Å². The molecule has 0 spiro atoms. The lowest BCUT2D eigenvalue weighted by Gasteiger charge is -2.41. The first kappa shape index (κ1) is 12.1. The Bertz CT molecular complexity index is 493. The molecule has 4 amide bonds. The van der Waals surface area contributed by atoms with Gasteiger partial charge >= 0.3 is 0 Å². The maximum Gasteiger partial charge on any atom is 0.253 e. The number of hydrogen-bond donors (Lipinski definition) is 0. The first-order chi connectivity index (χ1) is 8.93. The third kappa shape index (κ3) is 1.42. The van der Waals surface area contributed by atoms with Crippen LogP contribution in [0.1, 0.15) is 20.3 Å². The Hall–Kier alpha value is -1.98. The molecule has 1 heterocycles. The number of fused-ring (bicyclic) bond motifs is 5. The fraction of sp³-hybridized carbons (Fsp3) is 0.538. The predicted octanol–water partition coefficient (Wildman–Crippen LogP) is 0.103. The Morgan fingerprint density at radius 3 is 1.63 bits per heavy atom. The summed E-state index contributed by atoms with van der Waals surface area (Å²) in [5, 5.41) is 1.42. The van der Waals surface area contributed by atoms with E-state index in [9.17, 15) is 19.2 Å². The zero-order valence-electron chi connectivity index (χ0n) is 10.7. The second-order valence-corrected chi connectivity index (χ2v) is 5.34. The van der Waals surface area contributed by atoms with E-state index in [4.69, 9.17) is 0 Å². The Labute approximate surface area is 110 Å². The minimum Gasteiger partial charge on any atom is -0.273 e. The molecule has 6 heteroatoms. The van der Waals surface area contributed by atoms with Gasteiger partial charge in [-0.25, -0.2) is 0 Å². The van der Waals surface area contributed by atoms with Gasteiger partial charge in [0.2, 0.25) is 11.8 Å². The molecule has 0 N–H and O–H groups in total. The highest BCUT2D eigenvalue weighted by atomic mass is 16.2. The molecule has 1 aliphatic heterocycles. The topological polar surface area (TPSA) is 74.8 Å². The lowest BCUT2D eigenvalue weighted by atomic mass is 9.80. The quantitative estimate of drug-likeness (QED) is 0.580. The number of nitrogens with zero attached hydrogens (tertiary/aromatic N) is 2. The van der Waals surface area contributed by atoms with Crippen LogP contribution in [-0.4, -0.2) is 33.6 Å². The van der Waals surface area contributed by atoms with E-state index in [1.165, 1.54) is 13.8 Å². The summed E-state index contributed by atoms with van der Waals surface area (Å²) >= 11 is 0. The highest BCUT2D eigenvalue weighted by Gasteiger charge is 2.59.